The molecule has 4 N–H and O–H groups in total. The van der Waals surface area contributed by atoms with E-state index in [-0.39, 0.29) is 50.8 Å². The molecule has 45 heavy (non-hydrogen) atoms. The predicted molar refractivity (Wildman–Crippen MR) is 170 cm³/mol. The molecule has 0 radical (unpaired) electrons. The summed E-state index contributed by atoms with van der Waals surface area (Å²) in [6.45, 7) is 10.5. The van der Waals surface area contributed by atoms with Gasteiger partial charge in [0, 0.05) is 32.4 Å². The fourth-order valence-corrected chi connectivity index (χ4v) is 5.94. The Labute approximate surface area is 268 Å². The SMILES string of the molecule is CCC(=O)NCCOCC(=O)N[C@H](C(=O)N1C[C@H](O)C[C@H]1C(=O)N[C@@H](CC(C)=O)c1ccc(-c2scnc2C)cc1)C(C)(C)C. The standard InChI is InChI=1S/C32H45N5O7S/c1-7-26(40)33-12-13-44-17-27(41)36-29(32(4,5)6)31(43)37-16-23(39)15-25(37)30(42)35-24(14-19(2)38)21-8-10-22(11-9-21)28-20(3)34-18-45-28/h8-11,18,23-25,29,39H,7,12-17H2,1-6H3,(H,33,40)(H,35,42)(H,36,41)/t23-,24+,25+,29-/m1/s1. The second kappa shape index (κ2) is 16.1. The fraction of sp³-hybridized carbons (Fsp3) is 0.562. The number of ether oxygens (including phenoxy) is 1. The number of rotatable bonds is 14. The Hall–Kier alpha value is -3.68. The average molecular weight is 644 g/mol. The normalized spacial score (nSPS) is 17.8. The molecular formula is C32H45N5O7S. The van der Waals surface area contributed by atoms with Gasteiger partial charge in [0.2, 0.25) is 23.6 Å². The maximum absolute atomic E-state index is 13.9. The molecule has 1 aromatic heterocycles. The number of aryl methyl sites for hydroxylation is 1. The second-order valence-corrected chi connectivity index (χ2v) is 13.2. The molecule has 1 aliphatic heterocycles. The molecule has 1 aromatic carbocycles. The highest BCUT2D eigenvalue weighted by molar-refractivity contribution is 7.13. The Morgan fingerprint density at radius 1 is 1.11 bits per heavy atom. The van der Waals surface area contributed by atoms with E-state index in [2.05, 4.69) is 20.9 Å². The number of nitrogens with zero attached hydrogens (tertiary/aromatic N) is 2. The van der Waals surface area contributed by atoms with Gasteiger partial charge in [-0.15, -0.1) is 11.3 Å². The number of thiazole rings is 1. The zero-order valence-corrected chi connectivity index (χ0v) is 27.7. The minimum Gasteiger partial charge on any atom is -0.391 e. The molecule has 0 saturated carbocycles. The van der Waals surface area contributed by atoms with Crippen LogP contribution in [-0.4, -0.2) is 88.9 Å². The first kappa shape index (κ1) is 35.8. The van der Waals surface area contributed by atoms with Gasteiger partial charge in [0.05, 0.1) is 34.8 Å². The zero-order chi connectivity index (χ0) is 33.3. The minimum atomic E-state index is -1.01. The molecule has 12 nitrogen and oxygen atoms in total. The Morgan fingerprint density at radius 2 is 1.80 bits per heavy atom. The molecular weight excluding hydrogens is 598 g/mol. The van der Waals surface area contributed by atoms with Crippen molar-refractivity contribution >= 4 is 40.7 Å². The molecule has 0 unspecified atom stereocenters. The van der Waals surface area contributed by atoms with Gasteiger partial charge in [-0.25, -0.2) is 4.98 Å². The molecule has 1 fully saturated rings. The number of ketones is 1. The van der Waals surface area contributed by atoms with Crippen molar-refractivity contribution in [1.82, 2.24) is 25.8 Å². The first-order valence-corrected chi connectivity index (χ1v) is 16.0. The van der Waals surface area contributed by atoms with Crippen molar-refractivity contribution in [3.05, 3.63) is 41.0 Å². The molecule has 0 aliphatic carbocycles. The number of nitrogens with one attached hydrogen (secondary N) is 3. The Morgan fingerprint density at radius 3 is 2.38 bits per heavy atom. The van der Waals surface area contributed by atoms with E-state index in [0.717, 1.165) is 21.7 Å². The van der Waals surface area contributed by atoms with E-state index in [0.29, 0.717) is 6.42 Å². The summed E-state index contributed by atoms with van der Waals surface area (Å²) < 4.78 is 5.35. The number of β-amino-alcohol motifs (C(OH)–C–C–N with tert-alkyl or cyclic N) is 1. The van der Waals surface area contributed by atoms with Gasteiger partial charge in [-0.2, -0.15) is 0 Å². The maximum Gasteiger partial charge on any atom is 0.246 e. The van der Waals surface area contributed by atoms with Crippen LogP contribution in [0.25, 0.3) is 10.4 Å². The van der Waals surface area contributed by atoms with Gasteiger partial charge in [-0.1, -0.05) is 52.0 Å². The highest BCUT2D eigenvalue weighted by atomic mass is 32.1. The van der Waals surface area contributed by atoms with Crippen molar-refractivity contribution in [3.63, 3.8) is 0 Å². The van der Waals surface area contributed by atoms with E-state index < -0.39 is 47.4 Å². The average Bonchev–Trinajstić information content (AvgIpc) is 3.59. The van der Waals surface area contributed by atoms with Crippen molar-refractivity contribution in [2.24, 2.45) is 5.41 Å². The van der Waals surface area contributed by atoms with Crippen LogP contribution in [-0.2, 0) is 28.7 Å². The van der Waals surface area contributed by atoms with Gasteiger partial charge in [-0.05, 0) is 30.4 Å². The molecule has 2 aromatic rings. The molecule has 1 saturated heterocycles. The predicted octanol–water partition coefficient (Wildman–Crippen LogP) is 2.29. The lowest BCUT2D eigenvalue weighted by Gasteiger charge is -2.35. The Kier molecular flexibility index (Phi) is 12.8. The highest BCUT2D eigenvalue weighted by Crippen LogP contribution is 2.30. The highest BCUT2D eigenvalue weighted by Gasteiger charge is 2.45. The van der Waals surface area contributed by atoms with E-state index >= 15 is 0 Å². The molecule has 0 spiro atoms. The van der Waals surface area contributed by atoms with Crippen LogP contribution in [0.1, 0.15) is 71.2 Å². The van der Waals surface area contributed by atoms with Crippen LogP contribution in [0.3, 0.4) is 0 Å². The van der Waals surface area contributed by atoms with Gasteiger partial charge in [-0.3, -0.25) is 24.0 Å². The lowest BCUT2D eigenvalue weighted by Crippen LogP contribution is -2.58. The fourth-order valence-electron chi connectivity index (χ4n) is 5.13. The van der Waals surface area contributed by atoms with Gasteiger partial charge in [0.15, 0.2) is 0 Å². The number of aromatic nitrogens is 1. The summed E-state index contributed by atoms with van der Waals surface area (Å²) >= 11 is 1.53. The number of carbonyl (C=O) groups is 5. The van der Waals surface area contributed by atoms with E-state index in [9.17, 15) is 29.1 Å². The van der Waals surface area contributed by atoms with E-state index in [1.165, 1.54) is 23.2 Å². The number of hydrogen-bond acceptors (Lipinski definition) is 9. The summed E-state index contributed by atoms with van der Waals surface area (Å²) in [5, 5.41) is 18.8. The smallest absolute Gasteiger partial charge is 0.246 e. The maximum atomic E-state index is 13.9. The van der Waals surface area contributed by atoms with Gasteiger partial charge in [0.25, 0.3) is 0 Å². The summed E-state index contributed by atoms with van der Waals surface area (Å²) in [4.78, 5) is 70.4. The number of Topliss-reactive ketones (excluding diaryl/α,β-unsaturated/α-hetero) is 1. The van der Waals surface area contributed by atoms with Gasteiger partial charge in [0.1, 0.15) is 24.5 Å². The summed E-state index contributed by atoms with van der Waals surface area (Å²) in [7, 11) is 0. The van der Waals surface area contributed by atoms with Crippen LogP contribution in [0.15, 0.2) is 29.8 Å². The molecule has 13 heteroatoms. The van der Waals surface area contributed by atoms with Crippen LogP contribution >= 0.6 is 11.3 Å². The van der Waals surface area contributed by atoms with Crippen LogP contribution in [0, 0.1) is 12.3 Å². The number of aliphatic hydroxyl groups excluding tert-OH is 1. The molecule has 0 bridgehead atoms. The number of carbonyl (C=O) groups excluding carboxylic acids is 5. The van der Waals surface area contributed by atoms with Crippen molar-refractivity contribution in [1.29, 1.82) is 0 Å². The monoisotopic (exact) mass is 643 g/mol. The number of benzene rings is 1. The zero-order valence-electron chi connectivity index (χ0n) is 26.8. The first-order chi connectivity index (χ1) is 21.2. The molecule has 246 valence electrons. The first-order valence-electron chi connectivity index (χ1n) is 15.1. The Bertz CT molecular complexity index is 1350. The van der Waals surface area contributed by atoms with Crippen molar-refractivity contribution in [2.75, 3.05) is 26.3 Å². The molecule has 4 atom stereocenters. The van der Waals surface area contributed by atoms with Gasteiger partial charge < -0.3 is 30.7 Å². The van der Waals surface area contributed by atoms with E-state index in [1.807, 2.05) is 31.2 Å². The quantitative estimate of drug-likeness (QED) is 0.228. The van der Waals surface area contributed by atoms with Crippen molar-refractivity contribution in [3.8, 4) is 10.4 Å². The summed E-state index contributed by atoms with van der Waals surface area (Å²) in [5.74, 6) is -1.77. The van der Waals surface area contributed by atoms with Gasteiger partial charge >= 0.3 is 0 Å². The van der Waals surface area contributed by atoms with Crippen molar-refractivity contribution < 1.29 is 33.8 Å². The van der Waals surface area contributed by atoms with Crippen LogP contribution < -0.4 is 16.0 Å². The van der Waals surface area contributed by atoms with Crippen LogP contribution in [0.5, 0.6) is 0 Å². The third-order valence-corrected chi connectivity index (χ3v) is 8.51. The number of amides is 4. The largest absolute Gasteiger partial charge is 0.391 e. The number of likely N-dealkylation sites (tertiary alicyclic amines) is 1. The van der Waals surface area contributed by atoms with E-state index in [4.69, 9.17) is 4.74 Å². The third kappa shape index (κ3) is 10.2. The third-order valence-electron chi connectivity index (χ3n) is 7.53. The van der Waals surface area contributed by atoms with E-state index in [1.54, 1.807) is 33.2 Å². The lowest BCUT2D eigenvalue weighted by molar-refractivity contribution is -0.144. The Balaban J connectivity index is 1.71. The number of hydrogen-bond donors (Lipinski definition) is 4. The minimum absolute atomic E-state index is 0.0192. The second-order valence-electron chi connectivity index (χ2n) is 12.4. The van der Waals surface area contributed by atoms with Crippen LogP contribution in [0.2, 0.25) is 0 Å². The summed E-state index contributed by atoms with van der Waals surface area (Å²) in [6.07, 6.45) is -0.517. The number of aliphatic hydroxyl groups is 1. The van der Waals surface area contributed by atoms with Crippen molar-refractivity contribution in [2.45, 2.75) is 85.0 Å². The molecule has 2 heterocycles. The van der Waals surface area contributed by atoms with Crippen LogP contribution in [0.4, 0.5) is 0 Å². The summed E-state index contributed by atoms with van der Waals surface area (Å²) in [6, 6.07) is 4.92. The molecule has 4 amide bonds. The lowest BCUT2D eigenvalue weighted by atomic mass is 9.85. The molecule has 3 rings (SSSR count). The topological polar surface area (TPSA) is 167 Å². The summed E-state index contributed by atoms with van der Waals surface area (Å²) in [5.41, 5.74) is 3.68. The molecule has 1 aliphatic rings.